The number of aliphatic hydroxyl groups is 1. The summed E-state index contributed by atoms with van der Waals surface area (Å²) in [5.74, 6) is 0.880. The molecule has 0 aliphatic heterocycles. The first kappa shape index (κ1) is 18.7. The van der Waals surface area contributed by atoms with Crippen LogP contribution in [0.15, 0.2) is 47.2 Å². The number of hydrogen-bond acceptors (Lipinski definition) is 4. The molecule has 4 rings (SSSR count). The first-order chi connectivity index (χ1) is 13.2. The zero-order valence-electron chi connectivity index (χ0n) is 15.7. The van der Waals surface area contributed by atoms with Crippen LogP contribution in [0.25, 0.3) is 9.75 Å². The average molecular weight is 399 g/mol. The second kappa shape index (κ2) is 8.17. The Hall–Kier alpha value is -1.62. The highest BCUT2D eigenvalue weighted by atomic mass is 32.1. The number of fused-ring (bicyclic) bond motifs is 3. The first-order valence-corrected chi connectivity index (χ1v) is 11.6. The summed E-state index contributed by atoms with van der Waals surface area (Å²) in [5, 5.41) is 15.8. The maximum atomic E-state index is 11.6. The number of ether oxygens (including phenoxy) is 1. The number of hydrogen-bond donors (Lipinski definition) is 1. The van der Waals surface area contributed by atoms with Crippen molar-refractivity contribution in [3.63, 3.8) is 0 Å². The molecule has 1 aromatic carbocycles. The molecule has 1 aliphatic carbocycles. The average Bonchev–Trinajstić information content (AvgIpc) is 3.39. The standard InChI is InChI=1S/C23H26O2S2/c1-2-3-4-5-6-7-14-25-18-10-8-17(9-11-18)23(24)19-12-15-26-21(19)22-20(23)13-16-27-22/h8-13,15-16,24H,2-7,14H2,1H3. The van der Waals surface area contributed by atoms with Crippen molar-refractivity contribution in [2.24, 2.45) is 0 Å². The van der Waals surface area contributed by atoms with E-state index in [1.54, 1.807) is 22.7 Å². The van der Waals surface area contributed by atoms with Gasteiger partial charge in [-0.3, -0.25) is 0 Å². The Kier molecular flexibility index (Phi) is 5.67. The van der Waals surface area contributed by atoms with Crippen molar-refractivity contribution in [3.8, 4) is 15.5 Å². The van der Waals surface area contributed by atoms with Crippen molar-refractivity contribution in [3.05, 3.63) is 63.8 Å². The van der Waals surface area contributed by atoms with Gasteiger partial charge < -0.3 is 9.84 Å². The first-order valence-electron chi connectivity index (χ1n) is 9.87. The topological polar surface area (TPSA) is 29.5 Å². The second-order valence-corrected chi connectivity index (χ2v) is 9.01. The Bertz CT molecular complexity index is 836. The van der Waals surface area contributed by atoms with E-state index >= 15 is 0 Å². The minimum Gasteiger partial charge on any atom is -0.494 e. The number of thiophene rings is 2. The fraction of sp³-hybridized carbons (Fsp3) is 0.391. The molecule has 0 atom stereocenters. The summed E-state index contributed by atoms with van der Waals surface area (Å²) in [7, 11) is 0. The van der Waals surface area contributed by atoms with Gasteiger partial charge in [0.15, 0.2) is 0 Å². The highest BCUT2D eigenvalue weighted by molar-refractivity contribution is 7.21. The smallest absolute Gasteiger partial charge is 0.143 e. The molecule has 0 unspecified atom stereocenters. The van der Waals surface area contributed by atoms with Crippen LogP contribution >= 0.6 is 22.7 Å². The minimum atomic E-state index is -1.04. The van der Waals surface area contributed by atoms with Gasteiger partial charge in [0.2, 0.25) is 0 Å². The van der Waals surface area contributed by atoms with Crippen molar-refractivity contribution < 1.29 is 9.84 Å². The zero-order valence-corrected chi connectivity index (χ0v) is 17.4. The molecular weight excluding hydrogens is 372 g/mol. The maximum absolute atomic E-state index is 11.6. The quantitative estimate of drug-likeness (QED) is 0.401. The summed E-state index contributed by atoms with van der Waals surface area (Å²) in [6, 6.07) is 12.1. The predicted octanol–water partition coefficient (Wildman–Crippen LogP) is 6.81. The van der Waals surface area contributed by atoms with Gasteiger partial charge in [0, 0.05) is 11.1 Å². The molecule has 1 N–H and O–H groups in total. The van der Waals surface area contributed by atoms with Crippen LogP contribution in [-0.2, 0) is 5.60 Å². The van der Waals surface area contributed by atoms with Crippen molar-refractivity contribution in [2.45, 2.75) is 51.0 Å². The van der Waals surface area contributed by atoms with Gasteiger partial charge in [-0.1, -0.05) is 51.2 Å². The molecule has 3 aromatic rings. The van der Waals surface area contributed by atoms with Gasteiger partial charge >= 0.3 is 0 Å². The molecule has 0 saturated heterocycles. The zero-order chi connectivity index (χ0) is 18.7. The van der Waals surface area contributed by atoms with E-state index < -0.39 is 5.60 Å². The molecule has 0 spiro atoms. The molecule has 0 amide bonds. The molecule has 0 radical (unpaired) electrons. The van der Waals surface area contributed by atoms with Crippen LogP contribution in [-0.4, -0.2) is 11.7 Å². The number of rotatable bonds is 9. The summed E-state index contributed by atoms with van der Waals surface area (Å²) >= 11 is 3.41. The Labute approximate surface area is 169 Å². The van der Waals surface area contributed by atoms with Crippen LogP contribution in [0, 0.1) is 0 Å². The number of unbranched alkanes of at least 4 members (excludes halogenated alkanes) is 5. The van der Waals surface area contributed by atoms with Crippen molar-refractivity contribution in [1.29, 1.82) is 0 Å². The molecule has 2 heterocycles. The van der Waals surface area contributed by atoms with Crippen LogP contribution in [0.2, 0.25) is 0 Å². The second-order valence-electron chi connectivity index (χ2n) is 7.18. The van der Waals surface area contributed by atoms with Crippen molar-refractivity contribution >= 4 is 22.7 Å². The molecule has 0 fully saturated rings. The predicted molar refractivity (Wildman–Crippen MR) is 115 cm³/mol. The van der Waals surface area contributed by atoms with E-state index in [1.165, 1.54) is 41.9 Å². The Morgan fingerprint density at radius 1 is 0.815 bits per heavy atom. The fourth-order valence-corrected chi connectivity index (χ4v) is 5.95. The Morgan fingerprint density at radius 2 is 1.41 bits per heavy atom. The highest BCUT2D eigenvalue weighted by Gasteiger charge is 2.44. The van der Waals surface area contributed by atoms with Gasteiger partial charge in [-0.25, -0.2) is 0 Å². The van der Waals surface area contributed by atoms with Gasteiger partial charge in [0.25, 0.3) is 0 Å². The van der Waals surface area contributed by atoms with E-state index in [0.29, 0.717) is 0 Å². The van der Waals surface area contributed by atoms with Crippen LogP contribution in [0.1, 0.15) is 62.1 Å². The SMILES string of the molecule is CCCCCCCCOc1ccc(C2(O)c3ccsc3-c3sccc32)cc1. The Balaban J connectivity index is 1.42. The van der Waals surface area contributed by atoms with Gasteiger partial charge in [-0.2, -0.15) is 0 Å². The molecule has 4 heteroatoms. The van der Waals surface area contributed by atoms with Crippen molar-refractivity contribution in [2.75, 3.05) is 6.61 Å². The fourth-order valence-electron chi connectivity index (χ4n) is 3.86. The van der Waals surface area contributed by atoms with Gasteiger partial charge in [-0.05, 0) is 47.0 Å². The van der Waals surface area contributed by atoms with Gasteiger partial charge in [0.1, 0.15) is 11.4 Å². The summed E-state index contributed by atoms with van der Waals surface area (Å²) in [6.07, 6.45) is 7.59. The lowest BCUT2D eigenvalue weighted by atomic mass is 9.86. The van der Waals surface area contributed by atoms with E-state index in [0.717, 1.165) is 35.5 Å². The Morgan fingerprint density at radius 3 is 2.04 bits per heavy atom. The van der Waals surface area contributed by atoms with E-state index in [9.17, 15) is 5.11 Å². The third-order valence-electron chi connectivity index (χ3n) is 5.35. The summed E-state index contributed by atoms with van der Waals surface area (Å²) in [4.78, 5) is 2.40. The van der Waals surface area contributed by atoms with E-state index in [1.807, 2.05) is 24.3 Å². The molecule has 0 bridgehead atoms. The third kappa shape index (κ3) is 3.46. The monoisotopic (exact) mass is 398 g/mol. The molecular formula is C23H26O2S2. The van der Waals surface area contributed by atoms with Crippen molar-refractivity contribution in [1.82, 2.24) is 0 Å². The highest BCUT2D eigenvalue weighted by Crippen LogP contribution is 2.55. The summed E-state index contributed by atoms with van der Waals surface area (Å²) < 4.78 is 5.89. The number of benzene rings is 1. The molecule has 0 saturated carbocycles. The van der Waals surface area contributed by atoms with Crippen LogP contribution in [0.3, 0.4) is 0 Å². The van der Waals surface area contributed by atoms with Crippen LogP contribution in [0.5, 0.6) is 5.75 Å². The lowest BCUT2D eigenvalue weighted by molar-refractivity contribution is 0.131. The van der Waals surface area contributed by atoms with E-state index in [2.05, 4.69) is 29.8 Å². The largest absolute Gasteiger partial charge is 0.494 e. The normalized spacial score (nSPS) is 14.1. The van der Waals surface area contributed by atoms with E-state index in [4.69, 9.17) is 4.74 Å². The van der Waals surface area contributed by atoms with Crippen LogP contribution in [0.4, 0.5) is 0 Å². The molecule has 2 aromatic heterocycles. The third-order valence-corrected chi connectivity index (χ3v) is 7.35. The molecule has 27 heavy (non-hydrogen) atoms. The van der Waals surface area contributed by atoms with Gasteiger partial charge in [0.05, 0.1) is 16.4 Å². The molecule has 142 valence electrons. The minimum absolute atomic E-state index is 0.763. The van der Waals surface area contributed by atoms with E-state index in [-0.39, 0.29) is 0 Å². The molecule has 1 aliphatic rings. The lowest BCUT2D eigenvalue weighted by Gasteiger charge is -2.25. The lowest BCUT2D eigenvalue weighted by Crippen LogP contribution is -2.25. The summed E-state index contributed by atoms with van der Waals surface area (Å²) in [5.41, 5.74) is 1.89. The summed E-state index contributed by atoms with van der Waals surface area (Å²) in [6.45, 7) is 3.01. The van der Waals surface area contributed by atoms with Crippen LogP contribution < -0.4 is 4.74 Å². The van der Waals surface area contributed by atoms with Gasteiger partial charge in [-0.15, -0.1) is 22.7 Å². The molecule has 2 nitrogen and oxygen atoms in total. The maximum Gasteiger partial charge on any atom is 0.143 e.